The average molecular weight is 1490 g/mol. The molecule has 0 radical (unpaired) electrons. The fourth-order valence-corrected chi connectivity index (χ4v) is 12.3. The molecule has 12 atom stereocenters. The number of rotatable bonds is 8. The summed E-state index contributed by atoms with van der Waals surface area (Å²) in [6.07, 6.45) is 9.57. The lowest BCUT2D eigenvalue weighted by molar-refractivity contribution is -0.264. The van der Waals surface area contributed by atoms with E-state index in [1.54, 1.807) is 52.8 Å². The molecule has 4 fully saturated rings. The molecule has 0 saturated heterocycles. The van der Waals surface area contributed by atoms with Gasteiger partial charge in [-0.2, -0.15) is 0 Å². The first-order chi connectivity index (χ1) is 49.5. The van der Waals surface area contributed by atoms with E-state index in [9.17, 15) is 29.7 Å². The predicted octanol–water partition coefficient (Wildman–Crippen LogP) is 32.6. The van der Waals surface area contributed by atoms with Crippen LogP contribution in [-0.2, 0) is 28.6 Å². The molecule has 644 valence electrons. The third-order valence-corrected chi connectivity index (χ3v) is 16.3. The Morgan fingerprint density at radius 3 is 1.01 bits per heavy atom. The molecule has 0 spiro atoms. The van der Waals surface area contributed by atoms with Crippen LogP contribution in [-0.4, -0.2) is 70.9 Å². The van der Waals surface area contributed by atoms with Gasteiger partial charge in [-0.25, -0.2) is 14.4 Å². The Morgan fingerprint density at radius 2 is 0.709 bits per heavy atom. The highest BCUT2D eigenvalue weighted by Crippen LogP contribution is 2.76. The molecule has 0 aromatic carbocycles. The van der Waals surface area contributed by atoms with Gasteiger partial charge in [0, 0.05) is 27.5 Å². The maximum absolute atomic E-state index is 13.2. The molecule has 0 amide bonds. The van der Waals surface area contributed by atoms with Gasteiger partial charge in [0.2, 0.25) is 0 Å². The van der Waals surface area contributed by atoms with E-state index in [4.69, 9.17) is 14.2 Å². The predicted molar refractivity (Wildman–Crippen MR) is 485 cm³/mol. The molecule has 0 aromatic heterocycles. The van der Waals surface area contributed by atoms with Crippen LogP contribution in [0.3, 0.4) is 0 Å². The van der Waals surface area contributed by atoms with Gasteiger partial charge in [0.25, 0.3) is 0 Å². The quantitative estimate of drug-likeness (QED) is 0.0938. The number of allylic oxidation sites excluding steroid dienone is 5. The molecule has 9 heteroatoms. The first kappa shape index (κ1) is 153. The summed E-state index contributed by atoms with van der Waals surface area (Å²) in [5.41, 5.74) is -0.912. The van der Waals surface area contributed by atoms with E-state index < -0.39 is 58.0 Å². The van der Waals surface area contributed by atoms with E-state index in [1.807, 2.05) is 339 Å². The number of carbonyl (C=O) groups is 3. The smallest absolute Gasteiger partial charge is 0.333 e. The van der Waals surface area contributed by atoms with Crippen LogP contribution in [0.5, 0.6) is 0 Å². The molecule has 5 aliphatic carbocycles. The number of fused-ring (bicyclic) bond motifs is 7. The van der Waals surface area contributed by atoms with E-state index in [0.29, 0.717) is 36.0 Å². The van der Waals surface area contributed by atoms with Gasteiger partial charge in [0.05, 0.1) is 24.2 Å². The van der Waals surface area contributed by atoms with Crippen molar-refractivity contribution in [3.8, 4) is 0 Å². The standard InChI is InChI=1S/C45H68O9.C3H8.23C2H6/c1-13-26(4)37(49)52-24-42(10)31-18-21-43(11)32(41(31,9)20-19-33(42)46)17-16-29-30-22-40(7,8)36(54-39(51)28(6)15-3)35(48)45(30,34(47)23-44(29,43)12)25-53-38(50)27(5)14-2;1-3-2;23*1-2/h13-16,30-36,46-48H,17-25H2,1-12H3;3H2,1-2H3;23*1-2H3/b26-13+,27-14+,28-15+;;;;;;;;;;;;;;;;;;;;;;;;/t30?,31?,32?,33-,34+,35-,36-,41-,42+,43+,44+,45-;;;;;;;;;;;;;;;;;;;;;;;;/m0......................../s1. The van der Waals surface area contributed by atoms with Crippen molar-refractivity contribution in [1.82, 2.24) is 0 Å². The van der Waals surface area contributed by atoms with Crippen LogP contribution in [0.15, 0.2) is 46.6 Å². The molecule has 3 unspecified atom stereocenters. The summed E-state index contributed by atoms with van der Waals surface area (Å²) in [5, 5.41) is 36.8. The van der Waals surface area contributed by atoms with Crippen molar-refractivity contribution in [2.75, 3.05) is 13.2 Å². The summed E-state index contributed by atoms with van der Waals surface area (Å²) in [5.74, 6) is -1.41. The van der Waals surface area contributed by atoms with Crippen LogP contribution in [0.2, 0.25) is 0 Å². The van der Waals surface area contributed by atoms with Gasteiger partial charge in [-0.3, -0.25) is 0 Å². The van der Waals surface area contributed by atoms with Crippen molar-refractivity contribution in [3.63, 3.8) is 0 Å². The van der Waals surface area contributed by atoms with Crippen LogP contribution in [0.1, 0.15) is 467 Å². The summed E-state index contributed by atoms with van der Waals surface area (Å²) in [6.45, 7) is 120. The Bertz CT molecular complexity index is 1660. The topological polar surface area (TPSA) is 140 Å². The van der Waals surface area contributed by atoms with Crippen molar-refractivity contribution in [3.05, 3.63) is 46.6 Å². The maximum Gasteiger partial charge on any atom is 0.333 e. The molecule has 5 aliphatic rings. The Labute approximate surface area is 659 Å². The summed E-state index contributed by atoms with van der Waals surface area (Å²) in [4.78, 5) is 39.2. The number of aliphatic hydroxyl groups is 3. The van der Waals surface area contributed by atoms with Crippen LogP contribution < -0.4 is 0 Å². The lowest BCUT2D eigenvalue weighted by Gasteiger charge is -2.72. The molecular formula is C94H214O9. The zero-order valence-corrected chi connectivity index (χ0v) is 83.7. The van der Waals surface area contributed by atoms with Crippen molar-refractivity contribution >= 4 is 17.9 Å². The average Bonchev–Trinajstić information content (AvgIpc) is 0.671. The van der Waals surface area contributed by atoms with Gasteiger partial charge in [0.15, 0.2) is 0 Å². The first-order valence-corrected chi connectivity index (χ1v) is 44.7. The molecule has 0 heterocycles. The summed E-state index contributed by atoms with van der Waals surface area (Å²) >= 11 is 0. The molecule has 5 rings (SSSR count). The Morgan fingerprint density at radius 1 is 0.417 bits per heavy atom. The molecule has 0 bridgehead atoms. The Balaban J connectivity index is -0.0000000660. The second-order valence-electron chi connectivity index (χ2n) is 20.0. The van der Waals surface area contributed by atoms with E-state index in [-0.39, 0.29) is 47.8 Å². The van der Waals surface area contributed by atoms with Gasteiger partial charge >= 0.3 is 17.9 Å². The second kappa shape index (κ2) is 113. The molecule has 0 aliphatic heterocycles. The largest absolute Gasteiger partial charge is 0.462 e. The minimum absolute atomic E-state index is 0.109. The van der Waals surface area contributed by atoms with Crippen LogP contribution >= 0.6 is 0 Å². The molecular weight excluding hydrogens is 1270 g/mol. The molecule has 103 heavy (non-hydrogen) atoms. The summed E-state index contributed by atoms with van der Waals surface area (Å²) in [6, 6.07) is 0. The van der Waals surface area contributed by atoms with Crippen molar-refractivity contribution in [1.29, 1.82) is 0 Å². The minimum Gasteiger partial charge on any atom is -0.462 e. The highest BCUT2D eigenvalue weighted by molar-refractivity contribution is 5.88. The summed E-state index contributed by atoms with van der Waals surface area (Å²) < 4.78 is 18.0. The fraction of sp³-hybridized carbons (Fsp3) is 0.883. The maximum atomic E-state index is 13.2. The van der Waals surface area contributed by atoms with Crippen LogP contribution in [0.25, 0.3) is 0 Å². The zero-order valence-electron chi connectivity index (χ0n) is 83.7. The molecule has 3 N–H and O–H groups in total. The van der Waals surface area contributed by atoms with Gasteiger partial charge in [0.1, 0.15) is 18.8 Å². The van der Waals surface area contributed by atoms with Gasteiger partial charge in [-0.1, -0.05) is 410 Å². The van der Waals surface area contributed by atoms with Crippen molar-refractivity contribution in [2.45, 2.75) is 491 Å². The van der Waals surface area contributed by atoms with Crippen LogP contribution in [0.4, 0.5) is 0 Å². The molecule has 4 saturated carbocycles. The van der Waals surface area contributed by atoms with Crippen molar-refractivity contribution < 1.29 is 43.9 Å². The van der Waals surface area contributed by atoms with Gasteiger partial charge < -0.3 is 29.5 Å². The SMILES string of the molecule is C/C=C(\C)C(=O)OC[C@@]12C(CC(C)(C)[C@@H](OC(=O)/C(C)=C/C)[C@@H]1O)C1=CCC3[C@@]4(C)CC[C@H](O)[C@](C)(COC(=O)/C(C)=C/C)C4CC[C@@]3(C)[C@]1(C)C[C@H]2O.CC.CC.CC.CC.CC.CC.CC.CC.CC.CC.CC.CC.CC.CC.CC.CC.CC.CC.CC.CC.CC.CC.CC.CCC. The van der Waals surface area contributed by atoms with Crippen molar-refractivity contribution in [2.24, 2.45) is 50.2 Å². The zero-order chi connectivity index (χ0) is 89.1. The lowest BCUT2D eigenvalue weighted by atomic mass is 9.33. The van der Waals surface area contributed by atoms with Crippen LogP contribution in [0, 0.1) is 50.2 Å². The lowest BCUT2D eigenvalue weighted by Crippen LogP contribution is -2.72. The fourth-order valence-electron chi connectivity index (χ4n) is 12.3. The highest BCUT2D eigenvalue weighted by Gasteiger charge is 2.73. The third-order valence-electron chi connectivity index (χ3n) is 16.3. The normalized spacial score (nSPS) is 24.2. The van der Waals surface area contributed by atoms with E-state index in [1.165, 1.54) is 12.0 Å². The number of hydrogen-bond donors (Lipinski definition) is 3. The Kier molecular flexibility index (Phi) is 168. The minimum atomic E-state index is -1.31. The van der Waals surface area contributed by atoms with E-state index >= 15 is 0 Å². The highest BCUT2D eigenvalue weighted by atomic mass is 16.6. The van der Waals surface area contributed by atoms with Gasteiger partial charge in [-0.15, -0.1) is 0 Å². The van der Waals surface area contributed by atoms with E-state index in [0.717, 1.165) is 25.7 Å². The molecule has 9 nitrogen and oxygen atoms in total. The third kappa shape index (κ3) is 51.3. The monoisotopic (exact) mass is 1490 g/mol. The van der Waals surface area contributed by atoms with Gasteiger partial charge in [-0.05, 0) is 120 Å². The number of aliphatic hydroxyl groups excluding tert-OH is 3. The second-order valence-corrected chi connectivity index (χ2v) is 20.0. The van der Waals surface area contributed by atoms with E-state index in [2.05, 4.69) is 47.6 Å². The first-order valence-electron chi connectivity index (χ1n) is 44.7. The number of carbonyl (C=O) groups excluding carboxylic acids is 3. The Hall–Kier alpha value is -2.75. The number of hydrogen-bond acceptors (Lipinski definition) is 9. The number of ether oxygens (including phenoxy) is 3. The number of esters is 3. The summed E-state index contributed by atoms with van der Waals surface area (Å²) in [7, 11) is 0. The molecule has 0 aromatic rings.